The van der Waals surface area contributed by atoms with Crippen LogP contribution in [0.1, 0.15) is 37.8 Å². The standard InChI is InChI=1S/C15H20N4OS.ClH/c1-10(16)9-12(20)17-14-19-18-13(21-14)15(2,3)11-7-5-4-6-8-11;/h4-8,10H,9,16H2,1-3H3,(H,17,19,20);1H. The Hall–Kier alpha value is -1.50. The van der Waals surface area contributed by atoms with Crippen molar-refractivity contribution in [2.45, 2.75) is 38.6 Å². The highest BCUT2D eigenvalue weighted by molar-refractivity contribution is 7.15. The third kappa shape index (κ3) is 4.50. The van der Waals surface area contributed by atoms with Crippen molar-refractivity contribution in [2.24, 2.45) is 5.73 Å². The van der Waals surface area contributed by atoms with Crippen molar-refractivity contribution < 1.29 is 4.79 Å². The molecule has 0 spiro atoms. The van der Waals surface area contributed by atoms with E-state index in [1.807, 2.05) is 18.2 Å². The molecule has 0 aliphatic carbocycles. The van der Waals surface area contributed by atoms with Gasteiger partial charge in [0.15, 0.2) is 0 Å². The zero-order valence-electron chi connectivity index (χ0n) is 12.9. The van der Waals surface area contributed by atoms with Gasteiger partial charge < -0.3 is 11.1 Å². The molecule has 7 heteroatoms. The summed E-state index contributed by atoms with van der Waals surface area (Å²) in [5.74, 6) is -0.134. The predicted molar refractivity (Wildman–Crippen MR) is 92.6 cm³/mol. The molecule has 1 aromatic heterocycles. The maximum Gasteiger partial charge on any atom is 0.227 e. The number of hydrogen-bond donors (Lipinski definition) is 2. The second kappa shape index (κ2) is 7.67. The van der Waals surface area contributed by atoms with E-state index < -0.39 is 0 Å². The van der Waals surface area contributed by atoms with Gasteiger partial charge in [0.25, 0.3) is 0 Å². The van der Waals surface area contributed by atoms with E-state index in [1.165, 1.54) is 11.3 Å². The number of aromatic nitrogens is 2. The van der Waals surface area contributed by atoms with Crippen molar-refractivity contribution in [2.75, 3.05) is 5.32 Å². The molecule has 0 radical (unpaired) electrons. The van der Waals surface area contributed by atoms with Gasteiger partial charge in [-0.1, -0.05) is 41.7 Å². The number of amides is 1. The normalized spacial score (nSPS) is 12.4. The number of nitrogens with zero attached hydrogens (tertiary/aromatic N) is 2. The van der Waals surface area contributed by atoms with Crippen molar-refractivity contribution in [3.63, 3.8) is 0 Å². The second-order valence-electron chi connectivity index (χ2n) is 5.63. The highest BCUT2D eigenvalue weighted by atomic mass is 35.5. The van der Waals surface area contributed by atoms with Crippen LogP contribution in [-0.2, 0) is 10.2 Å². The Morgan fingerprint density at radius 1 is 1.32 bits per heavy atom. The highest BCUT2D eigenvalue weighted by Gasteiger charge is 2.27. The molecule has 120 valence electrons. The van der Waals surface area contributed by atoms with E-state index in [0.717, 1.165) is 10.6 Å². The summed E-state index contributed by atoms with van der Waals surface area (Å²) in [4.78, 5) is 11.7. The van der Waals surface area contributed by atoms with Crippen LogP contribution in [0.4, 0.5) is 5.13 Å². The first kappa shape index (κ1) is 18.5. The topological polar surface area (TPSA) is 80.9 Å². The fourth-order valence-electron chi connectivity index (χ4n) is 1.97. The fourth-order valence-corrected chi connectivity index (χ4v) is 2.85. The molecular weight excluding hydrogens is 320 g/mol. The van der Waals surface area contributed by atoms with Gasteiger partial charge in [0.1, 0.15) is 5.01 Å². The number of carbonyl (C=O) groups excluding carboxylic acids is 1. The number of carbonyl (C=O) groups is 1. The number of nitrogens with two attached hydrogens (primary N) is 1. The second-order valence-corrected chi connectivity index (χ2v) is 6.61. The summed E-state index contributed by atoms with van der Waals surface area (Å²) in [5, 5.41) is 12.4. The molecule has 2 aromatic rings. The average Bonchev–Trinajstić information content (AvgIpc) is 2.88. The smallest absolute Gasteiger partial charge is 0.227 e. The summed E-state index contributed by atoms with van der Waals surface area (Å²) in [6.45, 7) is 5.98. The molecule has 3 N–H and O–H groups in total. The number of rotatable bonds is 5. The Labute approximate surface area is 140 Å². The van der Waals surface area contributed by atoms with Gasteiger partial charge in [0.2, 0.25) is 11.0 Å². The third-order valence-electron chi connectivity index (χ3n) is 3.21. The third-order valence-corrected chi connectivity index (χ3v) is 4.37. The van der Waals surface area contributed by atoms with E-state index in [-0.39, 0.29) is 36.2 Å². The van der Waals surface area contributed by atoms with Crippen molar-refractivity contribution in [1.82, 2.24) is 10.2 Å². The summed E-state index contributed by atoms with van der Waals surface area (Å²) in [7, 11) is 0. The van der Waals surface area contributed by atoms with E-state index in [4.69, 9.17) is 5.73 Å². The lowest BCUT2D eigenvalue weighted by atomic mass is 9.85. The van der Waals surface area contributed by atoms with Crippen molar-refractivity contribution >= 4 is 34.8 Å². The largest absolute Gasteiger partial charge is 0.327 e. The number of anilines is 1. The number of benzene rings is 1. The van der Waals surface area contributed by atoms with Crippen molar-refractivity contribution in [3.05, 3.63) is 40.9 Å². The maximum atomic E-state index is 11.7. The number of halogens is 1. The zero-order valence-corrected chi connectivity index (χ0v) is 14.5. The highest BCUT2D eigenvalue weighted by Crippen LogP contribution is 2.34. The van der Waals surface area contributed by atoms with Crippen molar-refractivity contribution in [1.29, 1.82) is 0 Å². The number of nitrogens with one attached hydrogen (secondary N) is 1. The fraction of sp³-hybridized carbons (Fsp3) is 0.400. The van der Waals surface area contributed by atoms with Gasteiger partial charge in [-0.2, -0.15) is 0 Å². The Kier molecular flexibility index (Phi) is 6.47. The van der Waals surface area contributed by atoms with E-state index in [2.05, 4.69) is 41.5 Å². The van der Waals surface area contributed by atoms with E-state index in [9.17, 15) is 4.79 Å². The maximum absolute atomic E-state index is 11.7. The molecule has 1 unspecified atom stereocenters. The monoisotopic (exact) mass is 340 g/mol. The van der Waals surface area contributed by atoms with Gasteiger partial charge >= 0.3 is 0 Å². The minimum absolute atomic E-state index is 0. The van der Waals surface area contributed by atoms with Crippen LogP contribution in [0, 0.1) is 0 Å². The van der Waals surface area contributed by atoms with Crippen LogP contribution >= 0.6 is 23.7 Å². The molecule has 1 heterocycles. The molecule has 0 bridgehead atoms. The van der Waals surface area contributed by atoms with Gasteiger partial charge in [-0.05, 0) is 26.3 Å². The zero-order chi connectivity index (χ0) is 15.5. The molecule has 0 saturated carbocycles. The summed E-state index contributed by atoms with van der Waals surface area (Å²) < 4.78 is 0. The summed E-state index contributed by atoms with van der Waals surface area (Å²) in [5.41, 5.74) is 6.52. The molecule has 0 aliphatic rings. The Balaban J connectivity index is 0.00000242. The molecular formula is C15H21ClN4OS. The average molecular weight is 341 g/mol. The lowest BCUT2D eigenvalue weighted by molar-refractivity contribution is -0.116. The molecule has 1 amide bonds. The molecule has 1 aromatic carbocycles. The van der Waals surface area contributed by atoms with Gasteiger partial charge in [0.05, 0.1) is 0 Å². The Bertz CT molecular complexity index is 613. The molecule has 0 fully saturated rings. The van der Waals surface area contributed by atoms with E-state index in [0.29, 0.717) is 5.13 Å². The van der Waals surface area contributed by atoms with E-state index in [1.54, 1.807) is 6.92 Å². The van der Waals surface area contributed by atoms with Crippen LogP contribution in [0.25, 0.3) is 0 Å². The lowest BCUT2D eigenvalue weighted by Crippen LogP contribution is -2.23. The first-order valence-corrected chi connectivity index (χ1v) is 7.66. The molecule has 2 rings (SSSR count). The molecule has 1 atom stereocenters. The summed E-state index contributed by atoms with van der Waals surface area (Å²) in [6, 6.07) is 9.95. The Morgan fingerprint density at radius 3 is 2.55 bits per heavy atom. The van der Waals surface area contributed by atoms with Crippen LogP contribution in [0.5, 0.6) is 0 Å². The summed E-state index contributed by atoms with van der Waals surface area (Å²) >= 11 is 1.40. The lowest BCUT2D eigenvalue weighted by Gasteiger charge is -2.21. The predicted octanol–water partition coefficient (Wildman–Crippen LogP) is 2.96. The summed E-state index contributed by atoms with van der Waals surface area (Å²) in [6.07, 6.45) is 0.275. The van der Waals surface area contributed by atoms with Gasteiger partial charge in [0, 0.05) is 17.9 Å². The molecule has 0 saturated heterocycles. The first-order valence-electron chi connectivity index (χ1n) is 6.84. The first-order chi connectivity index (χ1) is 9.89. The molecule has 0 aliphatic heterocycles. The van der Waals surface area contributed by atoms with Crippen LogP contribution in [0.2, 0.25) is 0 Å². The van der Waals surface area contributed by atoms with Crippen LogP contribution in [-0.4, -0.2) is 22.1 Å². The van der Waals surface area contributed by atoms with Crippen LogP contribution in [0.15, 0.2) is 30.3 Å². The minimum Gasteiger partial charge on any atom is -0.327 e. The quantitative estimate of drug-likeness (QED) is 0.876. The van der Waals surface area contributed by atoms with Gasteiger partial charge in [-0.25, -0.2) is 0 Å². The van der Waals surface area contributed by atoms with E-state index >= 15 is 0 Å². The Morgan fingerprint density at radius 2 is 1.95 bits per heavy atom. The molecule has 22 heavy (non-hydrogen) atoms. The SMILES string of the molecule is CC(N)CC(=O)Nc1nnc(C(C)(C)c2ccccc2)s1.Cl. The van der Waals surface area contributed by atoms with Crippen LogP contribution < -0.4 is 11.1 Å². The molecule has 5 nitrogen and oxygen atoms in total. The number of hydrogen-bond acceptors (Lipinski definition) is 5. The minimum atomic E-state index is -0.247. The van der Waals surface area contributed by atoms with Gasteiger partial charge in [-0.15, -0.1) is 22.6 Å². The van der Waals surface area contributed by atoms with Gasteiger partial charge in [-0.3, -0.25) is 4.79 Å². The van der Waals surface area contributed by atoms with Crippen LogP contribution in [0.3, 0.4) is 0 Å². The van der Waals surface area contributed by atoms with Crippen molar-refractivity contribution in [3.8, 4) is 0 Å².